The number of hydrogen-bond acceptors (Lipinski definition) is 4. The van der Waals surface area contributed by atoms with Crippen LogP contribution in [-0.2, 0) is 0 Å². The van der Waals surface area contributed by atoms with E-state index in [2.05, 4.69) is 4.98 Å². The Morgan fingerprint density at radius 2 is 2.37 bits per heavy atom. The van der Waals surface area contributed by atoms with Gasteiger partial charge < -0.3 is 19.5 Å². The highest BCUT2D eigenvalue weighted by Crippen LogP contribution is 2.22. The van der Waals surface area contributed by atoms with Gasteiger partial charge in [-0.15, -0.1) is 0 Å². The molecule has 0 radical (unpaired) electrons. The number of likely N-dealkylation sites (tertiary alicyclic amines) is 1. The molecule has 2 rings (SSSR count). The quantitative estimate of drug-likeness (QED) is 0.902. The van der Waals surface area contributed by atoms with Crippen LogP contribution in [0.25, 0.3) is 0 Å². The van der Waals surface area contributed by atoms with Crippen molar-refractivity contribution in [3.63, 3.8) is 0 Å². The molecule has 104 valence electrons. The molecule has 2 heterocycles. The first-order valence-electron chi connectivity index (χ1n) is 5.89. The lowest BCUT2D eigenvalue weighted by molar-refractivity contribution is 0.0247. The molecule has 6 nitrogen and oxygen atoms in total. The first-order chi connectivity index (χ1) is 9.10. The molecule has 0 aliphatic carbocycles. The van der Waals surface area contributed by atoms with Crippen molar-refractivity contribution in [1.29, 1.82) is 0 Å². The summed E-state index contributed by atoms with van der Waals surface area (Å²) < 4.78 is 24.2. The largest absolute Gasteiger partial charge is 0.486 e. The second kappa shape index (κ2) is 5.73. The van der Waals surface area contributed by atoms with E-state index >= 15 is 0 Å². The Labute approximate surface area is 109 Å². The van der Waals surface area contributed by atoms with Crippen molar-refractivity contribution in [3.8, 4) is 11.6 Å². The molecule has 2 atom stereocenters. The number of ether oxygens (including phenoxy) is 2. The van der Waals surface area contributed by atoms with Crippen LogP contribution in [0.15, 0.2) is 18.3 Å². The molecule has 0 unspecified atom stereocenters. The first-order valence-corrected chi connectivity index (χ1v) is 5.89. The predicted octanol–water partition coefficient (Wildman–Crippen LogP) is 1.56. The molecule has 1 aromatic rings. The van der Waals surface area contributed by atoms with E-state index in [0.717, 1.165) is 4.90 Å². The number of nitrogens with zero attached hydrogens (tertiary/aromatic N) is 2. The van der Waals surface area contributed by atoms with Gasteiger partial charge >= 0.3 is 6.09 Å². The number of hydrogen-bond donors (Lipinski definition) is 1. The smallest absolute Gasteiger partial charge is 0.407 e. The minimum absolute atomic E-state index is 0.163. The number of carbonyl (C=O) groups is 1. The van der Waals surface area contributed by atoms with Gasteiger partial charge in [0.25, 0.3) is 0 Å². The molecule has 0 bridgehead atoms. The summed E-state index contributed by atoms with van der Waals surface area (Å²) in [5, 5.41) is 8.78. The summed E-state index contributed by atoms with van der Waals surface area (Å²) in [6, 6.07) is 3.26. The van der Waals surface area contributed by atoms with Gasteiger partial charge in [-0.05, 0) is 6.07 Å². The molecule has 1 aliphatic rings. The van der Waals surface area contributed by atoms with E-state index in [1.54, 1.807) is 12.1 Å². The lowest BCUT2D eigenvalue weighted by Gasteiger charge is -2.32. The fourth-order valence-corrected chi connectivity index (χ4v) is 1.92. The summed E-state index contributed by atoms with van der Waals surface area (Å²) in [7, 11) is 1.50. The van der Waals surface area contributed by atoms with Gasteiger partial charge in [0, 0.05) is 19.0 Å². The van der Waals surface area contributed by atoms with Crippen molar-refractivity contribution in [2.75, 3.05) is 20.2 Å². The predicted molar refractivity (Wildman–Crippen MR) is 64.3 cm³/mol. The van der Waals surface area contributed by atoms with E-state index in [-0.39, 0.29) is 13.1 Å². The van der Waals surface area contributed by atoms with E-state index in [0.29, 0.717) is 18.1 Å². The molecule has 1 amide bonds. The van der Waals surface area contributed by atoms with Crippen LogP contribution in [0.5, 0.6) is 11.6 Å². The SMILES string of the molecule is COc1ccc(O[C@@H]2CCN(C(=O)O)C[C@H]2F)cn1. The minimum Gasteiger partial charge on any atom is -0.486 e. The molecule has 0 spiro atoms. The Hall–Kier alpha value is -2.05. The van der Waals surface area contributed by atoms with Crippen LogP contribution in [-0.4, -0.2) is 53.6 Å². The maximum atomic E-state index is 13.8. The van der Waals surface area contributed by atoms with Gasteiger partial charge in [0.2, 0.25) is 5.88 Å². The van der Waals surface area contributed by atoms with E-state index < -0.39 is 18.4 Å². The summed E-state index contributed by atoms with van der Waals surface area (Å²) in [6.07, 6.45) is -1.32. The van der Waals surface area contributed by atoms with Crippen molar-refractivity contribution in [2.24, 2.45) is 0 Å². The zero-order valence-electron chi connectivity index (χ0n) is 10.5. The van der Waals surface area contributed by atoms with Crippen LogP contribution in [0, 0.1) is 0 Å². The highest BCUT2D eigenvalue weighted by atomic mass is 19.1. The number of alkyl halides is 1. The minimum atomic E-state index is -1.34. The van der Waals surface area contributed by atoms with Crippen molar-refractivity contribution in [1.82, 2.24) is 9.88 Å². The molecule has 0 aromatic carbocycles. The Morgan fingerprint density at radius 3 is 2.89 bits per heavy atom. The normalized spacial score (nSPS) is 22.9. The molecule has 7 heteroatoms. The van der Waals surface area contributed by atoms with Gasteiger partial charge in [-0.1, -0.05) is 0 Å². The molecule has 1 fully saturated rings. The zero-order chi connectivity index (χ0) is 13.8. The van der Waals surface area contributed by atoms with Crippen molar-refractivity contribution in [3.05, 3.63) is 18.3 Å². The Morgan fingerprint density at radius 1 is 1.58 bits per heavy atom. The average Bonchev–Trinajstić information content (AvgIpc) is 2.41. The molecular weight excluding hydrogens is 255 g/mol. The fourth-order valence-electron chi connectivity index (χ4n) is 1.92. The van der Waals surface area contributed by atoms with Crippen molar-refractivity contribution >= 4 is 6.09 Å². The Balaban J connectivity index is 1.94. The molecule has 0 saturated carbocycles. The maximum Gasteiger partial charge on any atom is 0.407 e. The molecule has 19 heavy (non-hydrogen) atoms. The number of carboxylic acid groups (broad SMARTS) is 1. The third-order valence-electron chi connectivity index (χ3n) is 2.96. The summed E-state index contributed by atoms with van der Waals surface area (Å²) >= 11 is 0. The fraction of sp³-hybridized carbons (Fsp3) is 0.500. The van der Waals surface area contributed by atoms with Crippen molar-refractivity contribution < 1.29 is 23.8 Å². The van der Waals surface area contributed by atoms with Crippen LogP contribution in [0.4, 0.5) is 9.18 Å². The summed E-state index contributed by atoms with van der Waals surface area (Å²) in [5.41, 5.74) is 0. The first kappa shape index (κ1) is 13.4. The standard InChI is InChI=1S/C12H15FN2O4/c1-18-11-3-2-8(6-14-11)19-10-4-5-15(12(16)17)7-9(10)13/h2-3,6,9-10H,4-5,7H2,1H3,(H,16,17)/t9-,10-/m1/s1. The van der Waals surface area contributed by atoms with Crippen LogP contribution in [0.2, 0.25) is 0 Å². The second-order valence-electron chi connectivity index (χ2n) is 4.23. The Bertz CT molecular complexity index is 440. The summed E-state index contributed by atoms with van der Waals surface area (Å²) in [6.45, 7) is 0.105. The number of aromatic nitrogens is 1. The average molecular weight is 270 g/mol. The van der Waals surface area contributed by atoms with Gasteiger partial charge in [-0.2, -0.15) is 0 Å². The van der Waals surface area contributed by atoms with E-state index in [4.69, 9.17) is 14.6 Å². The second-order valence-corrected chi connectivity index (χ2v) is 4.23. The topological polar surface area (TPSA) is 71.9 Å². The van der Waals surface area contributed by atoms with Gasteiger partial charge in [0.15, 0.2) is 6.17 Å². The number of amides is 1. The van der Waals surface area contributed by atoms with Gasteiger partial charge in [-0.25, -0.2) is 14.2 Å². The summed E-state index contributed by atoms with van der Waals surface area (Å²) in [4.78, 5) is 15.7. The lowest BCUT2D eigenvalue weighted by atomic mass is 10.1. The number of halogens is 1. The maximum absolute atomic E-state index is 13.8. The Kier molecular flexibility index (Phi) is 4.03. The third kappa shape index (κ3) is 3.24. The van der Waals surface area contributed by atoms with Crippen LogP contribution < -0.4 is 9.47 Å². The molecular formula is C12H15FN2O4. The van der Waals surface area contributed by atoms with E-state index in [1.807, 2.05) is 0 Å². The number of piperidine rings is 1. The third-order valence-corrected chi connectivity index (χ3v) is 2.96. The number of rotatable bonds is 3. The lowest BCUT2D eigenvalue weighted by Crippen LogP contribution is -2.48. The summed E-state index contributed by atoms with van der Waals surface area (Å²) in [5.74, 6) is 0.891. The van der Waals surface area contributed by atoms with Gasteiger partial charge in [-0.3, -0.25) is 0 Å². The van der Waals surface area contributed by atoms with Gasteiger partial charge in [0.1, 0.15) is 11.9 Å². The highest BCUT2D eigenvalue weighted by molar-refractivity contribution is 5.65. The van der Waals surface area contributed by atoms with Crippen LogP contribution in [0.1, 0.15) is 6.42 Å². The molecule has 1 saturated heterocycles. The van der Waals surface area contributed by atoms with Crippen LogP contribution >= 0.6 is 0 Å². The van der Waals surface area contributed by atoms with E-state index in [1.165, 1.54) is 13.3 Å². The van der Waals surface area contributed by atoms with Gasteiger partial charge in [0.05, 0.1) is 19.9 Å². The van der Waals surface area contributed by atoms with Crippen LogP contribution in [0.3, 0.4) is 0 Å². The number of pyridine rings is 1. The molecule has 1 aliphatic heterocycles. The number of methoxy groups -OCH3 is 1. The van der Waals surface area contributed by atoms with E-state index in [9.17, 15) is 9.18 Å². The monoisotopic (exact) mass is 270 g/mol. The van der Waals surface area contributed by atoms with Crippen molar-refractivity contribution in [2.45, 2.75) is 18.7 Å². The highest BCUT2D eigenvalue weighted by Gasteiger charge is 2.32. The zero-order valence-corrected chi connectivity index (χ0v) is 10.5. The molecule has 1 aromatic heterocycles. The molecule has 1 N–H and O–H groups in total.